The monoisotopic (exact) mass is 282 g/mol. The van der Waals surface area contributed by atoms with Gasteiger partial charge in [-0.25, -0.2) is 4.98 Å². The zero-order valence-corrected chi connectivity index (χ0v) is 12.9. The molecule has 0 spiro atoms. The highest BCUT2D eigenvalue weighted by Crippen LogP contribution is 2.29. The van der Waals surface area contributed by atoms with Gasteiger partial charge in [-0.3, -0.25) is 9.69 Å². The number of aromatic nitrogens is 1. The summed E-state index contributed by atoms with van der Waals surface area (Å²) in [7, 11) is 1.81. The lowest BCUT2D eigenvalue weighted by molar-refractivity contribution is -0.123. The Labute approximate surface area is 118 Å². The van der Waals surface area contributed by atoms with Crippen molar-refractivity contribution in [1.82, 2.24) is 4.98 Å². The first-order valence-electron chi connectivity index (χ1n) is 6.89. The molecule has 0 radical (unpaired) electrons. The van der Waals surface area contributed by atoms with E-state index in [4.69, 9.17) is 4.74 Å². The highest BCUT2D eigenvalue weighted by molar-refractivity contribution is 7.14. The molecule has 0 aliphatic carbocycles. The minimum absolute atomic E-state index is 0.0175. The number of anilines is 1. The summed E-state index contributed by atoms with van der Waals surface area (Å²) in [6, 6.07) is 0. The second-order valence-corrected chi connectivity index (χ2v) is 6.07. The Hall–Kier alpha value is -0.940. The number of hydrogen-bond donors (Lipinski definition) is 0. The molecule has 4 nitrogen and oxygen atoms in total. The molecule has 1 aromatic heterocycles. The minimum atomic E-state index is -0.0269. The fraction of sp³-hybridized carbons (Fsp3) is 0.714. The SMILES string of the molecule is CCC(C)c1csc(N(C)C(=O)C2CCOC2C)n1. The second kappa shape index (κ2) is 6.01. The summed E-state index contributed by atoms with van der Waals surface area (Å²) in [6.45, 7) is 6.96. The molecule has 0 saturated carbocycles. The van der Waals surface area contributed by atoms with Gasteiger partial charge in [0.15, 0.2) is 5.13 Å². The largest absolute Gasteiger partial charge is 0.378 e. The normalized spacial score (nSPS) is 24.4. The van der Waals surface area contributed by atoms with Crippen molar-refractivity contribution in [3.63, 3.8) is 0 Å². The molecule has 106 valence electrons. The first-order valence-corrected chi connectivity index (χ1v) is 7.77. The molecule has 0 N–H and O–H groups in total. The molecule has 1 aliphatic heterocycles. The van der Waals surface area contributed by atoms with Crippen LogP contribution in [0, 0.1) is 5.92 Å². The van der Waals surface area contributed by atoms with E-state index in [1.807, 2.05) is 14.0 Å². The zero-order valence-electron chi connectivity index (χ0n) is 12.0. The molecule has 19 heavy (non-hydrogen) atoms. The van der Waals surface area contributed by atoms with Gasteiger partial charge < -0.3 is 4.74 Å². The van der Waals surface area contributed by atoms with Crippen LogP contribution in [-0.2, 0) is 9.53 Å². The van der Waals surface area contributed by atoms with Gasteiger partial charge in [0.05, 0.1) is 17.7 Å². The number of nitrogens with zero attached hydrogens (tertiary/aromatic N) is 2. The van der Waals surface area contributed by atoms with Gasteiger partial charge in [0.25, 0.3) is 0 Å². The second-order valence-electron chi connectivity index (χ2n) is 5.23. The van der Waals surface area contributed by atoms with Crippen LogP contribution in [0.5, 0.6) is 0 Å². The van der Waals surface area contributed by atoms with Gasteiger partial charge in [-0.05, 0) is 25.7 Å². The van der Waals surface area contributed by atoms with E-state index in [0.717, 1.165) is 23.7 Å². The van der Waals surface area contributed by atoms with Crippen molar-refractivity contribution in [1.29, 1.82) is 0 Å². The number of hydrogen-bond acceptors (Lipinski definition) is 4. The van der Waals surface area contributed by atoms with Gasteiger partial charge in [-0.15, -0.1) is 11.3 Å². The van der Waals surface area contributed by atoms with Crippen LogP contribution >= 0.6 is 11.3 Å². The predicted octanol–water partition coefficient (Wildman–Crippen LogP) is 3.04. The molecular formula is C14H22N2O2S. The van der Waals surface area contributed by atoms with Crippen LogP contribution < -0.4 is 4.90 Å². The molecule has 1 amide bonds. The molecule has 3 unspecified atom stereocenters. The van der Waals surface area contributed by atoms with Crippen LogP contribution in [-0.4, -0.2) is 30.6 Å². The van der Waals surface area contributed by atoms with Gasteiger partial charge in [0.2, 0.25) is 5.91 Å². The number of carbonyl (C=O) groups is 1. The minimum Gasteiger partial charge on any atom is -0.378 e. The van der Waals surface area contributed by atoms with E-state index in [-0.39, 0.29) is 17.9 Å². The molecule has 0 bridgehead atoms. The van der Waals surface area contributed by atoms with Gasteiger partial charge in [-0.1, -0.05) is 13.8 Å². The summed E-state index contributed by atoms with van der Waals surface area (Å²) >= 11 is 1.54. The van der Waals surface area contributed by atoms with Crippen molar-refractivity contribution >= 4 is 22.4 Å². The van der Waals surface area contributed by atoms with Crippen molar-refractivity contribution < 1.29 is 9.53 Å². The van der Waals surface area contributed by atoms with Crippen molar-refractivity contribution in [3.05, 3.63) is 11.1 Å². The number of thiazole rings is 1. The Balaban J connectivity index is 2.08. The summed E-state index contributed by atoms with van der Waals surface area (Å²) in [5.74, 6) is 0.540. The van der Waals surface area contributed by atoms with Crippen LogP contribution in [0.4, 0.5) is 5.13 Å². The molecule has 1 fully saturated rings. The molecule has 1 aromatic rings. The Kier molecular flexibility index (Phi) is 4.58. The molecule has 5 heteroatoms. The third-order valence-electron chi connectivity index (χ3n) is 3.94. The number of carbonyl (C=O) groups excluding carboxylic acids is 1. The van der Waals surface area contributed by atoms with Crippen molar-refractivity contribution in [2.24, 2.45) is 5.92 Å². The fourth-order valence-corrected chi connectivity index (χ4v) is 3.18. The van der Waals surface area contributed by atoms with E-state index in [1.54, 1.807) is 16.2 Å². The number of amides is 1. The molecule has 2 rings (SSSR count). The smallest absolute Gasteiger partial charge is 0.234 e. The van der Waals surface area contributed by atoms with Gasteiger partial charge in [0, 0.05) is 19.0 Å². The van der Waals surface area contributed by atoms with E-state index in [9.17, 15) is 4.79 Å². The number of rotatable bonds is 4. The maximum atomic E-state index is 12.4. The topological polar surface area (TPSA) is 42.4 Å². The van der Waals surface area contributed by atoms with Crippen LogP contribution in [0.25, 0.3) is 0 Å². The van der Waals surface area contributed by atoms with E-state index >= 15 is 0 Å². The maximum Gasteiger partial charge on any atom is 0.234 e. The standard InChI is InChI=1S/C14H22N2O2S/c1-5-9(2)12-8-19-14(15-12)16(4)13(17)11-6-7-18-10(11)3/h8-11H,5-7H2,1-4H3. The quantitative estimate of drug-likeness (QED) is 0.852. The predicted molar refractivity (Wildman–Crippen MR) is 77.8 cm³/mol. The lowest BCUT2D eigenvalue weighted by Crippen LogP contribution is -2.35. The maximum absolute atomic E-state index is 12.4. The molecule has 2 heterocycles. The van der Waals surface area contributed by atoms with Crippen molar-refractivity contribution in [2.45, 2.75) is 45.6 Å². The third-order valence-corrected chi connectivity index (χ3v) is 4.87. The fourth-order valence-electron chi connectivity index (χ4n) is 2.26. The first-order chi connectivity index (χ1) is 9.04. The highest BCUT2D eigenvalue weighted by Gasteiger charge is 2.33. The van der Waals surface area contributed by atoms with E-state index in [2.05, 4.69) is 24.2 Å². The molecule has 1 aliphatic rings. The summed E-state index contributed by atoms with van der Waals surface area (Å²) in [5, 5.41) is 2.85. The summed E-state index contributed by atoms with van der Waals surface area (Å²) in [4.78, 5) is 18.7. The van der Waals surface area contributed by atoms with E-state index in [1.165, 1.54) is 0 Å². The van der Waals surface area contributed by atoms with Gasteiger partial charge in [-0.2, -0.15) is 0 Å². The van der Waals surface area contributed by atoms with Gasteiger partial charge in [0.1, 0.15) is 0 Å². The average molecular weight is 282 g/mol. The third kappa shape index (κ3) is 2.98. The Morgan fingerprint density at radius 2 is 2.42 bits per heavy atom. The van der Waals surface area contributed by atoms with E-state index in [0.29, 0.717) is 12.5 Å². The Bertz CT molecular complexity index is 446. The summed E-state index contributed by atoms with van der Waals surface area (Å²) in [5.41, 5.74) is 1.08. The van der Waals surface area contributed by atoms with Gasteiger partial charge >= 0.3 is 0 Å². The Morgan fingerprint density at radius 3 is 3.00 bits per heavy atom. The summed E-state index contributed by atoms with van der Waals surface area (Å²) in [6.07, 6.45) is 1.89. The molecular weight excluding hydrogens is 260 g/mol. The van der Waals surface area contributed by atoms with E-state index < -0.39 is 0 Å². The molecule has 1 saturated heterocycles. The van der Waals surface area contributed by atoms with Crippen molar-refractivity contribution in [3.8, 4) is 0 Å². The van der Waals surface area contributed by atoms with Crippen LogP contribution in [0.15, 0.2) is 5.38 Å². The van der Waals surface area contributed by atoms with Crippen LogP contribution in [0.1, 0.15) is 45.2 Å². The van der Waals surface area contributed by atoms with Crippen molar-refractivity contribution in [2.75, 3.05) is 18.6 Å². The lowest BCUT2D eigenvalue weighted by Gasteiger charge is -2.20. The highest BCUT2D eigenvalue weighted by atomic mass is 32.1. The first kappa shape index (κ1) is 14.5. The van der Waals surface area contributed by atoms with Crippen LogP contribution in [0.3, 0.4) is 0 Å². The molecule has 0 aromatic carbocycles. The number of ether oxygens (including phenoxy) is 1. The summed E-state index contributed by atoms with van der Waals surface area (Å²) < 4.78 is 5.47. The average Bonchev–Trinajstić information content (AvgIpc) is 3.04. The lowest BCUT2D eigenvalue weighted by atomic mass is 10.0. The Morgan fingerprint density at radius 1 is 1.68 bits per heavy atom. The zero-order chi connectivity index (χ0) is 14.0. The molecule has 3 atom stereocenters. The van der Waals surface area contributed by atoms with Crippen LogP contribution in [0.2, 0.25) is 0 Å².